The second-order valence-electron chi connectivity index (χ2n) is 5.88. The monoisotopic (exact) mass is 303 g/mol. The predicted molar refractivity (Wildman–Crippen MR) is 83.1 cm³/mol. The lowest BCUT2D eigenvalue weighted by atomic mass is 10.1. The fourth-order valence-electron chi connectivity index (χ4n) is 2.09. The predicted octanol–water partition coefficient (Wildman–Crippen LogP) is 2.25. The molecule has 1 heterocycles. The molecule has 0 radical (unpaired) electrons. The van der Waals surface area contributed by atoms with Gasteiger partial charge in [0, 0.05) is 18.7 Å². The van der Waals surface area contributed by atoms with Crippen molar-refractivity contribution >= 4 is 6.03 Å². The number of nitrogens with one attached hydrogen (secondary N) is 1. The molecule has 6 heteroatoms. The largest absolute Gasteiger partial charge is 0.389 e. The summed E-state index contributed by atoms with van der Waals surface area (Å²) in [5, 5.41) is 16.4. The molecule has 118 valence electrons. The highest BCUT2D eigenvalue weighted by Gasteiger charge is 2.19. The van der Waals surface area contributed by atoms with E-state index in [4.69, 9.17) is 4.52 Å². The van der Waals surface area contributed by atoms with Crippen LogP contribution in [0, 0.1) is 0 Å². The van der Waals surface area contributed by atoms with Crippen LogP contribution in [0.15, 0.2) is 40.9 Å². The molecule has 1 aromatic carbocycles. The quantitative estimate of drug-likeness (QED) is 0.888. The molecule has 0 aliphatic heterocycles. The van der Waals surface area contributed by atoms with Crippen LogP contribution in [0.3, 0.4) is 0 Å². The van der Waals surface area contributed by atoms with E-state index in [9.17, 15) is 9.90 Å². The van der Waals surface area contributed by atoms with Crippen LogP contribution in [0.5, 0.6) is 0 Å². The molecular weight excluding hydrogens is 282 g/mol. The average Bonchev–Trinajstić information content (AvgIpc) is 2.92. The van der Waals surface area contributed by atoms with E-state index in [1.54, 1.807) is 27.0 Å². The van der Waals surface area contributed by atoms with E-state index in [1.165, 1.54) is 4.90 Å². The van der Waals surface area contributed by atoms with Crippen LogP contribution >= 0.6 is 0 Å². The molecule has 0 unspecified atom stereocenters. The average molecular weight is 303 g/mol. The maximum absolute atomic E-state index is 11.9. The smallest absolute Gasteiger partial charge is 0.317 e. The summed E-state index contributed by atoms with van der Waals surface area (Å²) >= 11 is 0. The summed E-state index contributed by atoms with van der Waals surface area (Å²) < 4.78 is 5.27. The second-order valence-corrected chi connectivity index (χ2v) is 5.88. The number of aliphatic hydroxyl groups is 1. The van der Waals surface area contributed by atoms with Gasteiger partial charge in [-0.3, -0.25) is 0 Å². The minimum atomic E-state index is -0.930. The molecule has 0 spiro atoms. The van der Waals surface area contributed by atoms with Gasteiger partial charge in [0.2, 0.25) is 0 Å². The Hall–Kier alpha value is -2.34. The van der Waals surface area contributed by atoms with Crippen molar-refractivity contribution < 1.29 is 14.4 Å². The van der Waals surface area contributed by atoms with Gasteiger partial charge in [0.1, 0.15) is 5.69 Å². The number of carbonyl (C=O) groups excluding carboxylic acids is 1. The van der Waals surface area contributed by atoms with Gasteiger partial charge in [0.25, 0.3) is 0 Å². The summed E-state index contributed by atoms with van der Waals surface area (Å²) in [5.74, 6) is 0.662. The Bertz CT molecular complexity index is 617. The highest BCUT2D eigenvalue weighted by Crippen LogP contribution is 2.19. The van der Waals surface area contributed by atoms with Crippen LogP contribution in [0.1, 0.15) is 19.5 Å². The number of rotatable bonds is 5. The first-order valence-corrected chi connectivity index (χ1v) is 7.07. The van der Waals surface area contributed by atoms with Crippen LogP contribution in [0.25, 0.3) is 11.3 Å². The van der Waals surface area contributed by atoms with Gasteiger partial charge in [-0.2, -0.15) is 0 Å². The molecule has 0 atom stereocenters. The van der Waals surface area contributed by atoms with Gasteiger partial charge in [-0.15, -0.1) is 0 Å². The second kappa shape index (κ2) is 6.62. The summed E-state index contributed by atoms with van der Waals surface area (Å²) in [6.07, 6.45) is 0. The van der Waals surface area contributed by atoms with E-state index >= 15 is 0 Å². The fraction of sp³-hybridized carbons (Fsp3) is 0.375. The van der Waals surface area contributed by atoms with Crippen molar-refractivity contribution in [3.8, 4) is 11.3 Å². The molecule has 22 heavy (non-hydrogen) atoms. The molecule has 2 amide bonds. The van der Waals surface area contributed by atoms with Crippen LogP contribution in [-0.2, 0) is 6.54 Å². The minimum Gasteiger partial charge on any atom is -0.389 e. The topological polar surface area (TPSA) is 78.6 Å². The summed E-state index contributed by atoms with van der Waals surface area (Å²) in [5.41, 5.74) is 0.649. The molecule has 0 bridgehead atoms. The van der Waals surface area contributed by atoms with Gasteiger partial charge in [-0.1, -0.05) is 35.5 Å². The van der Waals surface area contributed by atoms with E-state index in [-0.39, 0.29) is 19.1 Å². The number of aromatic nitrogens is 1. The zero-order valence-electron chi connectivity index (χ0n) is 13.0. The number of amides is 2. The maximum Gasteiger partial charge on any atom is 0.317 e. The SMILES string of the molecule is CN(CC(C)(C)O)C(=O)NCc1cc(-c2ccccc2)on1. The van der Waals surface area contributed by atoms with Gasteiger partial charge >= 0.3 is 6.03 Å². The molecule has 0 saturated carbocycles. The zero-order valence-corrected chi connectivity index (χ0v) is 13.0. The highest BCUT2D eigenvalue weighted by molar-refractivity contribution is 5.73. The number of urea groups is 1. The normalized spacial score (nSPS) is 11.3. The molecule has 0 saturated heterocycles. The van der Waals surface area contributed by atoms with Crippen LogP contribution in [0.2, 0.25) is 0 Å². The number of likely N-dealkylation sites (N-methyl/N-ethyl adjacent to an activating group) is 1. The molecule has 0 aliphatic rings. The Morgan fingerprint density at radius 3 is 2.68 bits per heavy atom. The number of carbonyl (C=O) groups is 1. The standard InChI is InChI=1S/C16H21N3O3/c1-16(2,21)11-19(3)15(20)17-10-13-9-14(22-18-13)12-7-5-4-6-8-12/h4-9,21H,10-11H2,1-3H3,(H,17,20). The van der Waals surface area contributed by atoms with Crippen molar-refractivity contribution in [3.63, 3.8) is 0 Å². The van der Waals surface area contributed by atoms with Gasteiger partial charge in [0.05, 0.1) is 18.7 Å². The van der Waals surface area contributed by atoms with Crippen molar-refractivity contribution in [3.05, 3.63) is 42.1 Å². The highest BCUT2D eigenvalue weighted by atomic mass is 16.5. The van der Waals surface area contributed by atoms with Gasteiger partial charge in [0.15, 0.2) is 5.76 Å². The molecule has 2 N–H and O–H groups in total. The van der Waals surface area contributed by atoms with Crippen LogP contribution < -0.4 is 5.32 Å². The van der Waals surface area contributed by atoms with Crippen LogP contribution in [-0.4, -0.2) is 40.4 Å². The molecule has 1 aromatic heterocycles. The van der Waals surface area contributed by atoms with E-state index in [0.717, 1.165) is 5.56 Å². The summed E-state index contributed by atoms with van der Waals surface area (Å²) in [4.78, 5) is 13.3. The van der Waals surface area contributed by atoms with E-state index in [2.05, 4.69) is 10.5 Å². The van der Waals surface area contributed by atoms with Crippen molar-refractivity contribution in [1.82, 2.24) is 15.4 Å². The van der Waals surface area contributed by atoms with Crippen molar-refractivity contribution in [2.24, 2.45) is 0 Å². The zero-order chi connectivity index (χ0) is 16.2. The molecule has 0 fully saturated rings. The third-order valence-corrected chi connectivity index (χ3v) is 3.01. The maximum atomic E-state index is 11.9. The van der Waals surface area contributed by atoms with Crippen molar-refractivity contribution in [1.29, 1.82) is 0 Å². The Labute approximate surface area is 129 Å². The minimum absolute atomic E-state index is 0.243. The van der Waals surface area contributed by atoms with Gasteiger partial charge in [-0.05, 0) is 13.8 Å². The fourth-order valence-corrected chi connectivity index (χ4v) is 2.09. The first kappa shape index (κ1) is 16.0. The molecule has 2 rings (SSSR count). The van der Waals surface area contributed by atoms with Crippen molar-refractivity contribution in [2.45, 2.75) is 26.0 Å². The third-order valence-electron chi connectivity index (χ3n) is 3.01. The Morgan fingerprint density at radius 1 is 1.36 bits per heavy atom. The Morgan fingerprint density at radius 2 is 2.05 bits per heavy atom. The van der Waals surface area contributed by atoms with E-state index in [1.807, 2.05) is 30.3 Å². The first-order valence-electron chi connectivity index (χ1n) is 7.07. The number of benzene rings is 1. The van der Waals surface area contributed by atoms with Crippen LogP contribution in [0.4, 0.5) is 4.79 Å². The van der Waals surface area contributed by atoms with E-state index in [0.29, 0.717) is 11.5 Å². The summed E-state index contributed by atoms with van der Waals surface area (Å²) in [6.45, 7) is 3.82. The Balaban J connectivity index is 1.90. The van der Waals surface area contributed by atoms with Crippen molar-refractivity contribution in [2.75, 3.05) is 13.6 Å². The summed E-state index contributed by atoms with van der Waals surface area (Å²) in [6, 6.07) is 11.2. The molecule has 6 nitrogen and oxygen atoms in total. The van der Waals surface area contributed by atoms with Gasteiger partial charge in [-0.25, -0.2) is 4.79 Å². The number of hydrogen-bond donors (Lipinski definition) is 2. The molecular formula is C16H21N3O3. The molecule has 0 aliphatic carbocycles. The lowest BCUT2D eigenvalue weighted by Gasteiger charge is -2.25. The van der Waals surface area contributed by atoms with E-state index < -0.39 is 5.60 Å². The number of nitrogens with zero attached hydrogens (tertiary/aromatic N) is 2. The van der Waals surface area contributed by atoms with Gasteiger partial charge < -0.3 is 19.8 Å². The number of hydrogen-bond acceptors (Lipinski definition) is 4. The summed E-state index contributed by atoms with van der Waals surface area (Å²) in [7, 11) is 1.63. The lowest BCUT2D eigenvalue weighted by molar-refractivity contribution is 0.0531. The first-order chi connectivity index (χ1) is 10.3. The molecule has 2 aromatic rings. The lowest BCUT2D eigenvalue weighted by Crippen LogP contribution is -2.44. The Kier molecular flexibility index (Phi) is 4.82. The third kappa shape index (κ3) is 4.60.